The standard InChI is InChI=1S/C17H26N2O2/c1-17(2)10-12-6-5-7-13(16(12)21-17)15-14(11-18-3)20-9-8-19(15)4/h5-7,14-15,18H,8-11H2,1-4H3. The number of benzene rings is 1. The number of nitrogens with zero attached hydrogens (tertiary/aromatic N) is 1. The van der Waals surface area contributed by atoms with Crippen LogP contribution in [-0.2, 0) is 11.2 Å². The minimum absolute atomic E-state index is 0.106. The van der Waals surface area contributed by atoms with Gasteiger partial charge in [-0.25, -0.2) is 0 Å². The summed E-state index contributed by atoms with van der Waals surface area (Å²) in [6.45, 7) is 6.91. The molecule has 3 rings (SSSR count). The van der Waals surface area contributed by atoms with Gasteiger partial charge < -0.3 is 14.8 Å². The minimum Gasteiger partial charge on any atom is -0.487 e. The van der Waals surface area contributed by atoms with Crippen LogP contribution in [0.15, 0.2) is 18.2 Å². The molecule has 4 nitrogen and oxygen atoms in total. The molecule has 0 saturated carbocycles. The Hall–Kier alpha value is -1.10. The van der Waals surface area contributed by atoms with Crippen molar-refractivity contribution in [2.24, 2.45) is 0 Å². The largest absolute Gasteiger partial charge is 0.487 e. The van der Waals surface area contributed by atoms with Crippen molar-refractivity contribution >= 4 is 0 Å². The normalized spacial score (nSPS) is 28.2. The van der Waals surface area contributed by atoms with E-state index in [0.717, 1.165) is 31.9 Å². The highest BCUT2D eigenvalue weighted by Crippen LogP contribution is 2.43. The van der Waals surface area contributed by atoms with Gasteiger partial charge in [0.05, 0.1) is 18.8 Å². The molecule has 2 aliphatic rings. The van der Waals surface area contributed by atoms with Crippen molar-refractivity contribution in [2.75, 3.05) is 33.8 Å². The lowest BCUT2D eigenvalue weighted by atomic mass is 9.94. The predicted molar refractivity (Wildman–Crippen MR) is 83.9 cm³/mol. The average molecular weight is 290 g/mol. The first-order chi connectivity index (χ1) is 10.0. The molecule has 0 aromatic heterocycles. The zero-order valence-electron chi connectivity index (χ0n) is 13.5. The summed E-state index contributed by atoms with van der Waals surface area (Å²) in [6.07, 6.45) is 1.14. The Labute approximate surface area is 127 Å². The fourth-order valence-electron chi connectivity index (χ4n) is 3.54. The summed E-state index contributed by atoms with van der Waals surface area (Å²) < 4.78 is 12.3. The summed E-state index contributed by atoms with van der Waals surface area (Å²) >= 11 is 0. The quantitative estimate of drug-likeness (QED) is 0.923. The molecule has 2 heterocycles. The molecule has 0 spiro atoms. The molecule has 0 aliphatic carbocycles. The molecule has 1 aromatic carbocycles. The summed E-state index contributed by atoms with van der Waals surface area (Å²) in [6, 6.07) is 6.77. The Balaban J connectivity index is 1.97. The first kappa shape index (κ1) is 14.8. The molecule has 2 atom stereocenters. The van der Waals surface area contributed by atoms with Crippen LogP contribution in [-0.4, -0.2) is 50.4 Å². The van der Waals surface area contributed by atoms with Crippen LogP contribution in [0.25, 0.3) is 0 Å². The van der Waals surface area contributed by atoms with E-state index in [0.29, 0.717) is 0 Å². The van der Waals surface area contributed by atoms with Crippen LogP contribution in [0.3, 0.4) is 0 Å². The maximum Gasteiger partial charge on any atom is 0.128 e. The van der Waals surface area contributed by atoms with Gasteiger partial charge in [0.25, 0.3) is 0 Å². The Bertz CT molecular complexity index is 514. The third-order valence-electron chi connectivity index (χ3n) is 4.45. The number of likely N-dealkylation sites (N-methyl/N-ethyl adjacent to an activating group) is 2. The first-order valence-electron chi connectivity index (χ1n) is 7.79. The summed E-state index contributed by atoms with van der Waals surface area (Å²) in [5.74, 6) is 1.07. The number of nitrogens with one attached hydrogen (secondary N) is 1. The number of hydrogen-bond donors (Lipinski definition) is 1. The van der Waals surface area contributed by atoms with Gasteiger partial charge in [-0.2, -0.15) is 0 Å². The second-order valence-electron chi connectivity index (χ2n) is 6.77. The SMILES string of the molecule is CNCC1OCCN(C)C1c1cccc2c1OC(C)(C)C2. The van der Waals surface area contributed by atoms with Crippen LogP contribution in [0.2, 0.25) is 0 Å². The monoisotopic (exact) mass is 290 g/mol. The van der Waals surface area contributed by atoms with Gasteiger partial charge in [0, 0.05) is 25.1 Å². The lowest BCUT2D eigenvalue weighted by Gasteiger charge is -2.40. The molecular weight excluding hydrogens is 264 g/mol. The third-order valence-corrected chi connectivity index (χ3v) is 4.45. The summed E-state index contributed by atoms with van der Waals surface area (Å²) in [5, 5.41) is 3.25. The number of para-hydroxylation sites is 1. The molecule has 1 N–H and O–H groups in total. The molecule has 0 amide bonds. The van der Waals surface area contributed by atoms with E-state index in [4.69, 9.17) is 9.47 Å². The fourth-order valence-corrected chi connectivity index (χ4v) is 3.54. The van der Waals surface area contributed by atoms with Crippen molar-refractivity contribution in [3.8, 4) is 5.75 Å². The van der Waals surface area contributed by atoms with Crippen molar-refractivity contribution in [2.45, 2.75) is 38.0 Å². The Morgan fingerprint density at radius 1 is 1.38 bits per heavy atom. The van der Waals surface area contributed by atoms with Crippen LogP contribution in [0.1, 0.15) is 31.0 Å². The van der Waals surface area contributed by atoms with Gasteiger partial charge in [0.15, 0.2) is 0 Å². The summed E-state index contributed by atoms with van der Waals surface area (Å²) in [4.78, 5) is 2.38. The number of rotatable bonds is 3. The second-order valence-corrected chi connectivity index (χ2v) is 6.77. The Morgan fingerprint density at radius 3 is 2.95 bits per heavy atom. The van der Waals surface area contributed by atoms with E-state index in [9.17, 15) is 0 Å². The maximum absolute atomic E-state index is 6.25. The van der Waals surface area contributed by atoms with Crippen LogP contribution in [0.4, 0.5) is 0 Å². The zero-order chi connectivity index (χ0) is 15.0. The van der Waals surface area contributed by atoms with Gasteiger partial charge in [-0.3, -0.25) is 4.90 Å². The predicted octanol–water partition coefficient (Wildman–Crippen LogP) is 1.99. The second kappa shape index (κ2) is 5.59. The zero-order valence-corrected chi connectivity index (χ0v) is 13.5. The molecule has 1 aromatic rings. The van der Waals surface area contributed by atoms with Gasteiger partial charge in [-0.15, -0.1) is 0 Å². The van der Waals surface area contributed by atoms with Crippen LogP contribution in [0.5, 0.6) is 5.75 Å². The lowest BCUT2D eigenvalue weighted by molar-refractivity contribution is -0.0616. The lowest BCUT2D eigenvalue weighted by Crippen LogP contribution is -2.47. The number of ether oxygens (including phenoxy) is 2. The van der Waals surface area contributed by atoms with Crippen molar-refractivity contribution in [3.63, 3.8) is 0 Å². The van der Waals surface area contributed by atoms with E-state index in [1.54, 1.807) is 0 Å². The number of hydrogen-bond acceptors (Lipinski definition) is 4. The first-order valence-corrected chi connectivity index (χ1v) is 7.79. The molecule has 21 heavy (non-hydrogen) atoms. The van der Waals surface area contributed by atoms with Gasteiger partial charge >= 0.3 is 0 Å². The molecule has 1 saturated heterocycles. The molecule has 4 heteroatoms. The smallest absolute Gasteiger partial charge is 0.128 e. The summed E-state index contributed by atoms with van der Waals surface area (Å²) in [7, 11) is 4.15. The van der Waals surface area contributed by atoms with Gasteiger partial charge in [-0.05, 0) is 33.5 Å². The highest BCUT2D eigenvalue weighted by atomic mass is 16.5. The molecular formula is C17H26N2O2. The number of morpholine rings is 1. The van der Waals surface area contributed by atoms with E-state index in [1.807, 2.05) is 7.05 Å². The van der Waals surface area contributed by atoms with Crippen LogP contribution >= 0.6 is 0 Å². The Kier molecular flexibility index (Phi) is 3.95. The van der Waals surface area contributed by atoms with Gasteiger partial charge in [0.1, 0.15) is 11.4 Å². The fraction of sp³-hybridized carbons (Fsp3) is 0.647. The van der Waals surface area contributed by atoms with Crippen molar-refractivity contribution in [1.82, 2.24) is 10.2 Å². The maximum atomic E-state index is 6.25. The Morgan fingerprint density at radius 2 is 2.19 bits per heavy atom. The molecule has 1 fully saturated rings. The van der Waals surface area contributed by atoms with E-state index >= 15 is 0 Å². The highest BCUT2D eigenvalue weighted by molar-refractivity contribution is 5.47. The average Bonchev–Trinajstić information content (AvgIpc) is 2.73. The summed E-state index contributed by atoms with van der Waals surface area (Å²) in [5.41, 5.74) is 2.48. The van der Waals surface area contributed by atoms with E-state index in [1.165, 1.54) is 11.1 Å². The molecule has 2 unspecified atom stereocenters. The highest BCUT2D eigenvalue weighted by Gasteiger charge is 2.38. The van der Waals surface area contributed by atoms with E-state index in [2.05, 4.69) is 49.3 Å². The van der Waals surface area contributed by atoms with Crippen molar-refractivity contribution in [1.29, 1.82) is 0 Å². The molecule has 116 valence electrons. The topological polar surface area (TPSA) is 33.7 Å². The van der Waals surface area contributed by atoms with E-state index < -0.39 is 0 Å². The third kappa shape index (κ3) is 2.80. The molecule has 0 radical (unpaired) electrons. The molecule has 2 aliphatic heterocycles. The van der Waals surface area contributed by atoms with Crippen LogP contribution < -0.4 is 10.1 Å². The van der Waals surface area contributed by atoms with Gasteiger partial charge in [0.2, 0.25) is 0 Å². The number of fused-ring (bicyclic) bond motifs is 1. The molecule has 0 bridgehead atoms. The van der Waals surface area contributed by atoms with Crippen molar-refractivity contribution in [3.05, 3.63) is 29.3 Å². The van der Waals surface area contributed by atoms with Crippen LogP contribution in [0, 0.1) is 0 Å². The van der Waals surface area contributed by atoms with Gasteiger partial charge in [-0.1, -0.05) is 18.2 Å². The van der Waals surface area contributed by atoms with Crippen molar-refractivity contribution < 1.29 is 9.47 Å². The van der Waals surface area contributed by atoms with E-state index in [-0.39, 0.29) is 17.7 Å². The minimum atomic E-state index is -0.106.